The number of hydrogen-bond donors (Lipinski definition) is 1. The third kappa shape index (κ3) is 4.31. The molecule has 11 heavy (non-hydrogen) atoms. The van der Waals surface area contributed by atoms with Gasteiger partial charge in [-0.15, -0.1) is 0 Å². The van der Waals surface area contributed by atoms with Crippen LogP contribution in [0.3, 0.4) is 0 Å². The third-order valence-corrected chi connectivity index (χ3v) is 3.02. The van der Waals surface area contributed by atoms with Crippen molar-refractivity contribution in [2.45, 2.75) is 33.2 Å². The largest absolute Gasteiger partial charge is 0.317 e. The molecule has 0 rings (SSSR count). The van der Waals surface area contributed by atoms with Gasteiger partial charge in [-0.1, -0.05) is 36.4 Å². The number of rotatable bonds is 5. The highest BCUT2D eigenvalue weighted by atomic mass is 127. The van der Waals surface area contributed by atoms with E-state index in [1.165, 1.54) is 10.8 Å². The van der Waals surface area contributed by atoms with Crippen molar-refractivity contribution in [1.29, 1.82) is 0 Å². The highest BCUT2D eigenvalue weighted by Gasteiger charge is 2.18. The lowest BCUT2D eigenvalue weighted by Gasteiger charge is -2.26. The van der Waals surface area contributed by atoms with Crippen LogP contribution in [0, 0.1) is 11.8 Å². The molecule has 0 aliphatic carbocycles. The van der Waals surface area contributed by atoms with Crippen LogP contribution in [-0.2, 0) is 0 Å². The van der Waals surface area contributed by atoms with E-state index in [1.807, 2.05) is 7.05 Å². The van der Waals surface area contributed by atoms with E-state index < -0.39 is 0 Å². The summed E-state index contributed by atoms with van der Waals surface area (Å²) in [4.78, 5) is 0. The Hall–Kier alpha value is 0.690. The first-order chi connectivity index (χ1) is 5.13. The highest BCUT2D eigenvalue weighted by Crippen LogP contribution is 2.20. The molecule has 0 aliphatic heterocycles. The summed E-state index contributed by atoms with van der Waals surface area (Å²) in [6.07, 6.45) is 1.33. The van der Waals surface area contributed by atoms with Gasteiger partial charge in [0, 0.05) is 6.04 Å². The minimum atomic E-state index is 0.657. The molecule has 0 aromatic rings. The fraction of sp³-hybridized carbons (Fsp3) is 1.00. The van der Waals surface area contributed by atoms with E-state index in [-0.39, 0.29) is 0 Å². The van der Waals surface area contributed by atoms with Gasteiger partial charge >= 0.3 is 0 Å². The van der Waals surface area contributed by atoms with Crippen LogP contribution in [0.5, 0.6) is 0 Å². The Labute approximate surface area is 84.5 Å². The summed E-state index contributed by atoms with van der Waals surface area (Å²) in [5.74, 6) is 1.63. The zero-order valence-corrected chi connectivity index (χ0v) is 10.2. The predicted octanol–water partition coefficient (Wildman–Crippen LogP) is 2.69. The van der Waals surface area contributed by atoms with Crippen LogP contribution in [0.2, 0.25) is 0 Å². The monoisotopic (exact) mass is 269 g/mol. The molecule has 0 saturated heterocycles. The molecule has 0 aliphatic rings. The van der Waals surface area contributed by atoms with Crippen molar-refractivity contribution in [3.63, 3.8) is 0 Å². The Balaban J connectivity index is 3.87. The second kappa shape index (κ2) is 6.23. The average molecular weight is 269 g/mol. The van der Waals surface area contributed by atoms with Crippen molar-refractivity contribution in [3.8, 4) is 0 Å². The number of nitrogens with one attached hydrogen (secondary N) is 1. The Morgan fingerprint density at radius 1 is 1.27 bits per heavy atom. The summed E-state index contributed by atoms with van der Waals surface area (Å²) in [5.41, 5.74) is 0. The summed E-state index contributed by atoms with van der Waals surface area (Å²) in [5, 5.41) is 3.33. The van der Waals surface area contributed by atoms with Gasteiger partial charge in [-0.25, -0.2) is 0 Å². The SMILES string of the molecule is CN[C@H](C)C(CCI)C(C)C. The van der Waals surface area contributed by atoms with E-state index in [1.54, 1.807) is 0 Å². The fourth-order valence-corrected chi connectivity index (χ4v) is 2.22. The maximum absolute atomic E-state index is 3.33. The Morgan fingerprint density at radius 3 is 2.09 bits per heavy atom. The Morgan fingerprint density at radius 2 is 1.82 bits per heavy atom. The first-order valence-electron chi connectivity index (χ1n) is 4.36. The average Bonchev–Trinajstić information content (AvgIpc) is 1.98. The molecule has 0 amide bonds. The van der Waals surface area contributed by atoms with E-state index in [9.17, 15) is 0 Å². The molecule has 0 spiro atoms. The van der Waals surface area contributed by atoms with Crippen molar-refractivity contribution in [3.05, 3.63) is 0 Å². The van der Waals surface area contributed by atoms with Crippen LogP contribution >= 0.6 is 22.6 Å². The lowest BCUT2D eigenvalue weighted by molar-refractivity contribution is 0.296. The van der Waals surface area contributed by atoms with Crippen LogP contribution in [-0.4, -0.2) is 17.5 Å². The zero-order chi connectivity index (χ0) is 8.85. The molecule has 1 N–H and O–H groups in total. The highest BCUT2D eigenvalue weighted by molar-refractivity contribution is 14.1. The van der Waals surface area contributed by atoms with Crippen LogP contribution in [0.25, 0.3) is 0 Å². The van der Waals surface area contributed by atoms with Gasteiger partial charge in [-0.3, -0.25) is 0 Å². The van der Waals surface area contributed by atoms with Gasteiger partial charge in [0.25, 0.3) is 0 Å². The molecule has 0 aromatic carbocycles. The topological polar surface area (TPSA) is 12.0 Å². The summed E-state index contributed by atoms with van der Waals surface area (Å²) in [7, 11) is 2.05. The van der Waals surface area contributed by atoms with Crippen molar-refractivity contribution in [2.24, 2.45) is 11.8 Å². The summed E-state index contributed by atoms with van der Waals surface area (Å²) in [6.45, 7) is 6.90. The molecule has 0 heterocycles. The quantitative estimate of drug-likeness (QED) is 0.597. The first kappa shape index (κ1) is 11.7. The Kier molecular flexibility index (Phi) is 6.62. The van der Waals surface area contributed by atoms with Crippen LogP contribution in [0.15, 0.2) is 0 Å². The molecular weight excluding hydrogens is 249 g/mol. The van der Waals surface area contributed by atoms with E-state index >= 15 is 0 Å². The van der Waals surface area contributed by atoms with E-state index in [2.05, 4.69) is 48.7 Å². The van der Waals surface area contributed by atoms with Gasteiger partial charge in [0.1, 0.15) is 0 Å². The normalized spacial score (nSPS) is 16.9. The van der Waals surface area contributed by atoms with Crippen molar-refractivity contribution in [1.82, 2.24) is 5.32 Å². The molecule has 0 saturated carbocycles. The standard InChI is InChI=1S/C9H20IN/c1-7(2)9(5-6-10)8(3)11-4/h7-9,11H,5-6H2,1-4H3/t8-,9?/m1/s1. The van der Waals surface area contributed by atoms with Crippen molar-refractivity contribution < 1.29 is 0 Å². The molecule has 1 unspecified atom stereocenters. The van der Waals surface area contributed by atoms with Crippen LogP contribution < -0.4 is 5.32 Å². The summed E-state index contributed by atoms with van der Waals surface area (Å²) < 4.78 is 1.27. The van der Waals surface area contributed by atoms with E-state index in [0.29, 0.717) is 6.04 Å². The molecule has 0 aromatic heterocycles. The first-order valence-corrected chi connectivity index (χ1v) is 5.89. The number of alkyl halides is 1. The van der Waals surface area contributed by atoms with Crippen molar-refractivity contribution in [2.75, 3.05) is 11.5 Å². The second-order valence-corrected chi connectivity index (χ2v) is 4.54. The van der Waals surface area contributed by atoms with Gasteiger partial charge in [-0.2, -0.15) is 0 Å². The number of halogens is 1. The Bertz CT molecular complexity index is 93.6. The predicted molar refractivity (Wildman–Crippen MR) is 60.4 cm³/mol. The lowest BCUT2D eigenvalue weighted by atomic mass is 9.87. The summed E-state index contributed by atoms with van der Waals surface area (Å²) >= 11 is 2.46. The van der Waals surface area contributed by atoms with Gasteiger partial charge in [0.05, 0.1) is 0 Å². The van der Waals surface area contributed by atoms with Crippen LogP contribution in [0.1, 0.15) is 27.2 Å². The number of hydrogen-bond acceptors (Lipinski definition) is 1. The fourth-order valence-electron chi connectivity index (χ4n) is 1.50. The molecule has 2 heteroatoms. The maximum Gasteiger partial charge on any atom is 0.00667 e. The van der Waals surface area contributed by atoms with E-state index in [0.717, 1.165) is 11.8 Å². The summed E-state index contributed by atoms with van der Waals surface area (Å²) in [6, 6.07) is 0.657. The molecule has 0 bridgehead atoms. The smallest absolute Gasteiger partial charge is 0.00667 e. The van der Waals surface area contributed by atoms with Gasteiger partial charge in [0.2, 0.25) is 0 Å². The molecule has 0 fully saturated rings. The van der Waals surface area contributed by atoms with Gasteiger partial charge < -0.3 is 5.32 Å². The van der Waals surface area contributed by atoms with Gasteiger partial charge in [0.15, 0.2) is 0 Å². The molecule has 1 nitrogen and oxygen atoms in total. The van der Waals surface area contributed by atoms with Gasteiger partial charge in [-0.05, 0) is 36.7 Å². The minimum absolute atomic E-state index is 0.657. The molecule has 0 radical (unpaired) electrons. The second-order valence-electron chi connectivity index (χ2n) is 3.46. The van der Waals surface area contributed by atoms with E-state index in [4.69, 9.17) is 0 Å². The molecular formula is C9H20IN. The molecule has 2 atom stereocenters. The minimum Gasteiger partial charge on any atom is -0.317 e. The maximum atomic E-state index is 3.33. The van der Waals surface area contributed by atoms with Crippen molar-refractivity contribution >= 4 is 22.6 Å². The molecule has 68 valence electrons. The zero-order valence-electron chi connectivity index (χ0n) is 8.02. The van der Waals surface area contributed by atoms with Crippen LogP contribution in [0.4, 0.5) is 0 Å². The lowest BCUT2D eigenvalue weighted by Crippen LogP contribution is -2.33. The third-order valence-electron chi connectivity index (χ3n) is 2.40.